The summed E-state index contributed by atoms with van der Waals surface area (Å²) < 4.78 is 13.5. The van der Waals surface area contributed by atoms with E-state index in [4.69, 9.17) is 23.2 Å². The molecule has 1 heterocycles. The second kappa shape index (κ2) is 7.42. The Morgan fingerprint density at radius 1 is 1.36 bits per heavy atom. The molecule has 22 heavy (non-hydrogen) atoms. The third-order valence-corrected chi connectivity index (χ3v) is 4.78. The maximum Gasteiger partial charge on any atom is 0.252 e. The molecule has 1 unspecified atom stereocenters. The maximum absolute atomic E-state index is 13.5. The molecule has 1 aromatic heterocycles. The zero-order valence-electron chi connectivity index (χ0n) is 12.1. The number of rotatable bonds is 5. The standard InChI is InChI=1S/C15H15Cl2FN2OS/c1-20(2)13(14-4-3-5-22-14)8-19-15(21)9-6-12(18)11(17)7-10(9)16/h3-7,13H,8H2,1-2H3,(H,19,21). The summed E-state index contributed by atoms with van der Waals surface area (Å²) in [6.45, 7) is 0.396. The Kier molecular flexibility index (Phi) is 5.81. The van der Waals surface area contributed by atoms with Crippen LogP contribution in [0, 0.1) is 5.82 Å². The van der Waals surface area contributed by atoms with Crippen molar-refractivity contribution in [3.8, 4) is 0 Å². The van der Waals surface area contributed by atoms with Gasteiger partial charge in [0.05, 0.1) is 21.7 Å². The number of hydrogen-bond acceptors (Lipinski definition) is 3. The van der Waals surface area contributed by atoms with Crippen molar-refractivity contribution >= 4 is 40.4 Å². The fourth-order valence-corrected chi connectivity index (χ4v) is 3.39. The fraction of sp³-hybridized carbons (Fsp3) is 0.267. The lowest BCUT2D eigenvalue weighted by molar-refractivity contribution is 0.0942. The minimum atomic E-state index is -0.668. The van der Waals surface area contributed by atoms with Gasteiger partial charge < -0.3 is 10.2 Å². The second-order valence-corrected chi connectivity index (χ2v) is 6.74. The fourth-order valence-electron chi connectivity index (χ4n) is 2.00. The average Bonchev–Trinajstić information content (AvgIpc) is 2.96. The first-order chi connectivity index (χ1) is 10.4. The van der Waals surface area contributed by atoms with E-state index in [1.54, 1.807) is 11.3 Å². The first-order valence-electron chi connectivity index (χ1n) is 6.52. The van der Waals surface area contributed by atoms with Crippen LogP contribution in [0.5, 0.6) is 0 Å². The lowest BCUT2D eigenvalue weighted by atomic mass is 10.2. The van der Waals surface area contributed by atoms with Gasteiger partial charge in [-0.05, 0) is 37.7 Å². The smallest absolute Gasteiger partial charge is 0.252 e. The van der Waals surface area contributed by atoms with Crippen LogP contribution in [0.4, 0.5) is 4.39 Å². The van der Waals surface area contributed by atoms with Crippen LogP contribution in [-0.2, 0) is 0 Å². The molecule has 0 bridgehead atoms. The minimum absolute atomic E-state index is 0.0415. The Hall–Kier alpha value is -1.14. The Morgan fingerprint density at radius 2 is 2.09 bits per heavy atom. The van der Waals surface area contributed by atoms with Gasteiger partial charge in [0, 0.05) is 11.4 Å². The molecule has 3 nitrogen and oxygen atoms in total. The predicted octanol–water partition coefficient (Wildman–Crippen LogP) is 4.23. The summed E-state index contributed by atoms with van der Waals surface area (Å²) in [6, 6.07) is 6.30. The van der Waals surface area contributed by atoms with E-state index in [1.165, 1.54) is 6.07 Å². The van der Waals surface area contributed by atoms with Crippen molar-refractivity contribution < 1.29 is 9.18 Å². The third kappa shape index (κ3) is 3.98. The van der Waals surface area contributed by atoms with E-state index in [2.05, 4.69) is 5.32 Å². The molecule has 0 saturated carbocycles. The summed E-state index contributed by atoms with van der Waals surface area (Å²) >= 11 is 13.2. The summed E-state index contributed by atoms with van der Waals surface area (Å²) in [5.74, 6) is -1.09. The molecule has 118 valence electrons. The molecule has 2 aromatic rings. The number of carbonyl (C=O) groups is 1. The van der Waals surface area contributed by atoms with Crippen molar-refractivity contribution in [3.05, 3.63) is 55.9 Å². The lowest BCUT2D eigenvalue weighted by Crippen LogP contribution is -2.34. The van der Waals surface area contributed by atoms with Crippen LogP contribution in [0.3, 0.4) is 0 Å². The zero-order chi connectivity index (χ0) is 16.3. The molecule has 1 aromatic carbocycles. The SMILES string of the molecule is CN(C)C(CNC(=O)c1cc(F)c(Cl)cc1Cl)c1cccs1. The van der Waals surface area contributed by atoms with Gasteiger partial charge in [-0.1, -0.05) is 29.3 Å². The molecular weight excluding hydrogens is 346 g/mol. The van der Waals surface area contributed by atoms with Gasteiger partial charge in [-0.3, -0.25) is 4.79 Å². The molecule has 1 atom stereocenters. The molecule has 0 saturated heterocycles. The van der Waals surface area contributed by atoms with Gasteiger partial charge in [-0.2, -0.15) is 0 Å². The summed E-state index contributed by atoms with van der Waals surface area (Å²) in [5.41, 5.74) is 0.0762. The Morgan fingerprint density at radius 3 is 2.68 bits per heavy atom. The summed E-state index contributed by atoms with van der Waals surface area (Å²) in [5, 5.41) is 4.79. The largest absolute Gasteiger partial charge is 0.350 e. The first kappa shape index (κ1) is 17.2. The van der Waals surface area contributed by atoms with Crippen LogP contribution in [0.15, 0.2) is 29.6 Å². The minimum Gasteiger partial charge on any atom is -0.350 e. The summed E-state index contributed by atoms with van der Waals surface area (Å²) in [4.78, 5) is 15.4. The van der Waals surface area contributed by atoms with E-state index in [0.717, 1.165) is 10.9 Å². The van der Waals surface area contributed by atoms with Gasteiger partial charge in [0.25, 0.3) is 5.91 Å². The van der Waals surface area contributed by atoms with Crippen molar-refractivity contribution in [1.29, 1.82) is 0 Å². The van der Waals surface area contributed by atoms with Crippen molar-refractivity contribution in [2.75, 3.05) is 20.6 Å². The Labute approximate surface area is 142 Å². The van der Waals surface area contributed by atoms with Crippen molar-refractivity contribution in [1.82, 2.24) is 10.2 Å². The second-order valence-electron chi connectivity index (χ2n) is 4.95. The number of thiophene rings is 1. The van der Waals surface area contributed by atoms with E-state index >= 15 is 0 Å². The molecular formula is C15H15Cl2FN2OS. The molecule has 1 amide bonds. The Balaban J connectivity index is 2.10. The number of halogens is 3. The molecule has 1 N–H and O–H groups in total. The van der Waals surface area contributed by atoms with Crippen molar-refractivity contribution in [2.45, 2.75) is 6.04 Å². The predicted molar refractivity (Wildman–Crippen MR) is 89.5 cm³/mol. The van der Waals surface area contributed by atoms with E-state index in [-0.39, 0.29) is 21.7 Å². The number of nitrogens with one attached hydrogen (secondary N) is 1. The third-order valence-electron chi connectivity index (χ3n) is 3.21. The van der Waals surface area contributed by atoms with Gasteiger partial charge in [0.2, 0.25) is 0 Å². The van der Waals surface area contributed by atoms with E-state index in [9.17, 15) is 9.18 Å². The van der Waals surface area contributed by atoms with Crippen molar-refractivity contribution in [3.63, 3.8) is 0 Å². The number of likely N-dealkylation sites (N-methyl/N-ethyl adjacent to an activating group) is 1. The lowest BCUT2D eigenvalue weighted by Gasteiger charge is -2.23. The van der Waals surface area contributed by atoms with E-state index in [0.29, 0.717) is 6.54 Å². The normalized spacial score (nSPS) is 12.5. The first-order valence-corrected chi connectivity index (χ1v) is 8.16. The molecule has 0 fully saturated rings. The van der Waals surface area contributed by atoms with Crippen LogP contribution in [0.2, 0.25) is 10.0 Å². The number of benzene rings is 1. The zero-order valence-corrected chi connectivity index (χ0v) is 14.4. The number of nitrogens with zero attached hydrogens (tertiary/aromatic N) is 1. The highest BCUT2D eigenvalue weighted by atomic mass is 35.5. The van der Waals surface area contributed by atoms with Gasteiger partial charge in [0.15, 0.2) is 0 Å². The van der Waals surface area contributed by atoms with E-state index < -0.39 is 11.7 Å². The van der Waals surface area contributed by atoms with Crippen molar-refractivity contribution in [2.24, 2.45) is 0 Å². The molecule has 0 aliphatic rings. The molecule has 0 spiro atoms. The van der Waals surface area contributed by atoms with Crippen LogP contribution in [0.1, 0.15) is 21.3 Å². The maximum atomic E-state index is 13.5. The topological polar surface area (TPSA) is 32.3 Å². The highest BCUT2D eigenvalue weighted by Gasteiger charge is 2.19. The molecule has 0 radical (unpaired) electrons. The van der Waals surface area contributed by atoms with Gasteiger partial charge >= 0.3 is 0 Å². The van der Waals surface area contributed by atoms with Crippen LogP contribution in [-0.4, -0.2) is 31.4 Å². The van der Waals surface area contributed by atoms with Crippen LogP contribution >= 0.6 is 34.5 Å². The highest BCUT2D eigenvalue weighted by molar-refractivity contribution is 7.10. The van der Waals surface area contributed by atoms with Crippen LogP contribution in [0.25, 0.3) is 0 Å². The summed E-state index contributed by atoms with van der Waals surface area (Å²) in [7, 11) is 3.87. The molecule has 2 rings (SSSR count). The van der Waals surface area contributed by atoms with Crippen LogP contribution < -0.4 is 5.32 Å². The highest BCUT2D eigenvalue weighted by Crippen LogP contribution is 2.25. The Bertz CT molecular complexity index is 662. The quantitative estimate of drug-likeness (QED) is 0.809. The van der Waals surface area contributed by atoms with Gasteiger partial charge in [-0.15, -0.1) is 11.3 Å². The number of carbonyl (C=O) groups excluding carboxylic acids is 1. The monoisotopic (exact) mass is 360 g/mol. The van der Waals surface area contributed by atoms with Gasteiger partial charge in [-0.25, -0.2) is 4.39 Å². The van der Waals surface area contributed by atoms with E-state index in [1.807, 2.05) is 36.5 Å². The molecule has 7 heteroatoms. The average molecular weight is 361 g/mol. The summed E-state index contributed by atoms with van der Waals surface area (Å²) in [6.07, 6.45) is 0. The number of amides is 1. The van der Waals surface area contributed by atoms with Gasteiger partial charge in [0.1, 0.15) is 5.82 Å². The molecule has 0 aliphatic heterocycles. The number of hydrogen-bond donors (Lipinski definition) is 1. The molecule has 0 aliphatic carbocycles.